The lowest BCUT2D eigenvalue weighted by Crippen LogP contribution is -2.35. The molecular weight excluding hydrogens is 290 g/mol. The number of nitrogens with one attached hydrogen (secondary N) is 1. The molecule has 0 fully saturated rings. The summed E-state index contributed by atoms with van der Waals surface area (Å²) in [6.07, 6.45) is -0.818. The van der Waals surface area contributed by atoms with Gasteiger partial charge in [-0.1, -0.05) is 13.8 Å². The number of carbonyl (C=O) groups is 1. The molecule has 0 saturated heterocycles. The Bertz CT molecular complexity index is 562. The Balaban J connectivity index is 3.01. The summed E-state index contributed by atoms with van der Waals surface area (Å²) in [6, 6.07) is 0. The summed E-state index contributed by atoms with van der Waals surface area (Å²) < 4.78 is 26.4. The third-order valence-electron chi connectivity index (χ3n) is 2.63. The van der Waals surface area contributed by atoms with E-state index in [0.717, 1.165) is 11.3 Å². The number of carboxylic acid groups (broad SMARTS) is 1. The largest absolute Gasteiger partial charge is 0.477 e. The molecule has 1 aromatic rings. The first-order chi connectivity index (χ1) is 8.66. The van der Waals surface area contributed by atoms with Gasteiger partial charge in [0.25, 0.3) is 0 Å². The minimum atomic E-state index is -3.93. The maximum atomic E-state index is 12.1. The van der Waals surface area contributed by atoms with Crippen molar-refractivity contribution in [1.29, 1.82) is 0 Å². The molecule has 0 bridgehead atoms. The van der Waals surface area contributed by atoms with Crippen molar-refractivity contribution in [3.05, 3.63) is 15.8 Å². The Labute approximate surface area is 116 Å². The van der Waals surface area contributed by atoms with Crippen LogP contribution in [0.4, 0.5) is 0 Å². The molecule has 19 heavy (non-hydrogen) atoms. The van der Waals surface area contributed by atoms with Crippen molar-refractivity contribution in [1.82, 2.24) is 4.72 Å². The Morgan fingerprint density at radius 2 is 2.05 bits per heavy atom. The Morgan fingerprint density at radius 3 is 2.53 bits per heavy atom. The number of hydrogen-bond acceptors (Lipinski definition) is 5. The highest BCUT2D eigenvalue weighted by atomic mass is 32.2. The van der Waals surface area contributed by atoms with Gasteiger partial charge in [0, 0.05) is 6.54 Å². The number of carboxylic acids is 1. The summed E-state index contributed by atoms with van der Waals surface area (Å²) in [4.78, 5) is 10.6. The topological polar surface area (TPSA) is 104 Å². The number of rotatable bonds is 6. The minimum Gasteiger partial charge on any atom is -0.477 e. The molecule has 1 aromatic heterocycles. The summed E-state index contributed by atoms with van der Waals surface area (Å²) >= 11 is 0.870. The van der Waals surface area contributed by atoms with E-state index in [2.05, 4.69) is 4.72 Å². The molecule has 108 valence electrons. The van der Waals surface area contributed by atoms with Crippen LogP contribution in [-0.2, 0) is 10.0 Å². The van der Waals surface area contributed by atoms with Crippen LogP contribution in [0.2, 0.25) is 0 Å². The number of aromatic carboxylic acids is 1. The van der Waals surface area contributed by atoms with Crippen molar-refractivity contribution in [2.24, 2.45) is 5.92 Å². The molecule has 0 aliphatic rings. The van der Waals surface area contributed by atoms with Crippen molar-refractivity contribution in [3.8, 4) is 0 Å². The molecule has 1 unspecified atom stereocenters. The van der Waals surface area contributed by atoms with Crippen molar-refractivity contribution in [2.45, 2.75) is 31.8 Å². The van der Waals surface area contributed by atoms with E-state index in [1.54, 1.807) is 13.8 Å². The van der Waals surface area contributed by atoms with Crippen molar-refractivity contribution >= 4 is 27.3 Å². The average molecular weight is 307 g/mol. The van der Waals surface area contributed by atoms with Gasteiger partial charge < -0.3 is 10.2 Å². The summed E-state index contributed by atoms with van der Waals surface area (Å²) in [5.41, 5.74) is 0.383. The smallest absolute Gasteiger partial charge is 0.347 e. The lowest BCUT2D eigenvalue weighted by Gasteiger charge is -2.15. The zero-order valence-electron chi connectivity index (χ0n) is 10.9. The second-order valence-corrected chi connectivity index (χ2v) is 7.13. The fourth-order valence-electron chi connectivity index (χ4n) is 1.42. The van der Waals surface area contributed by atoms with Gasteiger partial charge >= 0.3 is 5.97 Å². The number of aryl methyl sites for hydroxylation is 1. The highest BCUT2D eigenvalue weighted by molar-refractivity contribution is 7.89. The van der Waals surface area contributed by atoms with Gasteiger partial charge in [0.05, 0.1) is 6.10 Å². The SMILES string of the molecule is Cc1csc(C(=O)O)c1S(=O)(=O)NCC(O)C(C)C. The van der Waals surface area contributed by atoms with E-state index in [9.17, 15) is 18.3 Å². The van der Waals surface area contributed by atoms with Gasteiger partial charge in [0.1, 0.15) is 9.77 Å². The molecule has 0 amide bonds. The Morgan fingerprint density at radius 1 is 1.47 bits per heavy atom. The molecule has 0 aliphatic heterocycles. The number of thiophene rings is 1. The monoisotopic (exact) mass is 307 g/mol. The van der Waals surface area contributed by atoms with Gasteiger partial charge in [-0.25, -0.2) is 17.9 Å². The number of sulfonamides is 1. The summed E-state index contributed by atoms with van der Waals surface area (Å²) in [5, 5.41) is 20.1. The van der Waals surface area contributed by atoms with Crippen LogP contribution in [-0.4, -0.2) is 37.2 Å². The van der Waals surface area contributed by atoms with Crippen molar-refractivity contribution in [3.63, 3.8) is 0 Å². The van der Waals surface area contributed by atoms with E-state index >= 15 is 0 Å². The van der Waals surface area contributed by atoms with Gasteiger partial charge in [-0.05, 0) is 23.8 Å². The van der Waals surface area contributed by atoms with Gasteiger partial charge in [-0.15, -0.1) is 11.3 Å². The highest BCUT2D eigenvalue weighted by Crippen LogP contribution is 2.26. The van der Waals surface area contributed by atoms with Crippen LogP contribution in [0.5, 0.6) is 0 Å². The maximum Gasteiger partial charge on any atom is 0.347 e. The number of hydrogen-bond donors (Lipinski definition) is 3. The van der Waals surface area contributed by atoms with E-state index in [-0.39, 0.29) is 22.2 Å². The van der Waals surface area contributed by atoms with Crippen LogP contribution in [0.15, 0.2) is 10.3 Å². The third kappa shape index (κ3) is 3.75. The molecule has 6 nitrogen and oxygen atoms in total. The van der Waals surface area contributed by atoms with Crippen molar-refractivity contribution < 1.29 is 23.4 Å². The quantitative estimate of drug-likeness (QED) is 0.729. The lowest BCUT2D eigenvalue weighted by molar-refractivity contribution is 0.0698. The molecule has 1 rings (SSSR count). The molecule has 1 heterocycles. The fraction of sp³-hybridized carbons (Fsp3) is 0.545. The highest BCUT2D eigenvalue weighted by Gasteiger charge is 2.27. The van der Waals surface area contributed by atoms with Crippen LogP contribution in [0.3, 0.4) is 0 Å². The maximum absolute atomic E-state index is 12.1. The second kappa shape index (κ2) is 6.00. The Kier molecular flexibility index (Phi) is 5.08. The summed E-state index contributed by atoms with van der Waals surface area (Å²) in [5.74, 6) is -1.37. The first-order valence-electron chi connectivity index (χ1n) is 5.66. The molecule has 1 atom stereocenters. The number of aliphatic hydroxyl groups excluding tert-OH is 1. The van der Waals surface area contributed by atoms with E-state index in [1.165, 1.54) is 12.3 Å². The predicted molar refractivity (Wildman–Crippen MR) is 72.0 cm³/mol. The fourth-order valence-corrected chi connectivity index (χ4v) is 4.10. The van der Waals surface area contributed by atoms with Crippen LogP contribution < -0.4 is 4.72 Å². The molecule has 8 heteroatoms. The Hall–Kier alpha value is -0.960. The standard InChI is InChI=1S/C11H17NO5S2/c1-6(2)8(13)4-12-19(16,17)10-7(3)5-18-9(10)11(14)15/h5-6,8,12-13H,4H2,1-3H3,(H,14,15). The molecule has 3 N–H and O–H groups in total. The summed E-state index contributed by atoms with van der Waals surface area (Å²) in [7, 11) is -3.93. The van der Waals surface area contributed by atoms with Gasteiger partial charge in [-0.2, -0.15) is 0 Å². The van der Waals surface area contributed by atoms with Crippen LogP contribution in [0.1, 0.15) is 29.1 Å². The average Bonchev–Trinajstić information content (AvgIpc) is 2.68. The van der Waals surface area contributed by atoms with Crippen LogP contribution in [0, 0.1) is 12.8 Å². The van der Waals surface area contributed by atoms with Crippen molar-refractivity contribution in [2.75, 3.05) is 6.54 Å². The molecule has 0 saturated carbocycles. The number of aliphatic hydroxyl groups is 1. The van der Waals surface area contributed by atoms with E-state index < -0.39 is 22.1 Å². The molecule has 0 spiro atoms. The van der Waals surface area contributed by atoms with Gasteiger partial charge in [0.2, 0.25) is 10.0 Å². The van der Waals surface area contributed by atoms with E-state index in [1.807, 2.05) is 0 Å². The normalized spacial score (nSPS) is 13.7. The second-order valence-electron chi connectivity index (χ2n) is 4.55. The third-order valence-corrected chi connectivity index (χ3v) is 5.46. The first kappa shape index (κ1) is 16.1. The molecule has 0 aromatic carbocycles. The summed E-state index contributed by atoms with van der Waals surface area (Å²) in [6.45, 7) is 4.92. The zero-order chi connectivity index (χ0) is 14.8. The zero-order valence-corrected chi connectivity index (χ0v) is 12.5. The van der Waals surface area contributed by atoms with E-state index in [4.69, 9.17) is 5.11 Å². The molecule has 0 aliphatic carbocycles. The van der Waals surface area contributed by atoms with Gasteiger partial charge in [0.15, 0.2) is 0 Å². The van der Waals surface area contributed by atoms with Crippen LogP contribution in [0.25, 0.3) is 0 Å². The van der Waals surface area contributed by atoms with Gasteiger partial charge in [-0.3, -0.25) is 0 Å². The molecular formula is C11H17NO5S2. The van der Waals surface area contributed by atoms with Crippen LogP contribution >= 0.6 is 11.3 Å². The molecule has 0 radical (unpaired) electrons. The first-order valence-corrected chi connectivity index (χ1v) is 8.02. The minimum absolute atomic E-state index is 0.0924. The lowest BCUT2D eigenvalue weighted by atomic mass is 10.1. The predicted octanol–water partition coefficient (Wildman–Crippen LogP) is 1.05. The van der Waals surface area contributed by atoms with E-state index in [0.29, 0.717) is 5.56 Å².